The molecule has 0 spiro atoms. The van der Waals surface area contributed by atoms with Crippen molar-refractivity contribution in [3.8, 4) is 22.8 Å². The molecule has 2 heterocycles. The number of hydrogen-bond acceptors (Lipinski definition) is 4. The van der Waals surface area contributed by atoms with Crippen molar-refractivity contribution in [2.24, 2.45) is 5.92 Å². The highest BCUT2D eigenvalue weighted by molar-refractivity contribution is 6.00. The average Bonchev–Trinajstić information content (AvgIpc) is 3.37. The number of unbranched alkanes of at least 4 members (excludes halogenated alkanes) is 1. The van der Waals surface area contributed by atoms with Crippen LogP contribution in [0.5, 0.6) is 11.5 Å². The van der Waals surface area contributed by atoms with E-state index in [4.69, 9.17) is 9.47 Å². The van der Waals surface area contributed by atoms with Gasteiger partial charge < -0.3 is 14.4 Å². The number of carbonyl (C=O) groups is 1. The highest BCUT2D eigenvalue weighted by Gasteiger charge is 2.42. The summed E-state index contributed by atoms with van der Waals surface area (Å²) in [6.45, 7) is 9.89. The summed E-state index contributed by atoms with van der Waals surface area (Å²) < 4.78 is 11.7. The van der Waals surface area contributed by atoms with Gasteiger partial charge in [-0.15, -0.1) is 0 Å². The number of hydrogen-bond donors (Lipinski definition) is 1. The van der Waals surface area contributed by atoms with E-state index in [0.717, 1.165) is 47.4 Å². The van der Waals surface area contributed by atoms with Crippen LogP contribution >= 0.6 is 0 Å². The van der Waals surface area contributed by atoms with Crippen molar-refractivity contribution >= 4 is 5.91 Å². The number of nitrogens with zero attached hydrogens (tertiary/aromatic N) is 2. The first-order valence-corrected chi connectivity index (χ1v) is 12.2. The summed E-state index contributed by atoms with van der Waals surface area (Å²) in [4.78, 5) is 15.4. The standard InChI is InChI=1S/C28H35N3O3/c1-6-7-15-31-27(21-12-13-22(23(17-21)33-5)34-16-14-18(2)3)24-25(29-30-26(24)28(31)32)20-10-8-19(4)9-11-20/h8-13,17-18,27H,6-7,14-16H2,1-5H3,(H,29,30). The molecule has 1 N–H and O–H groups in total. The number of carbonyl (C=O) groups excluding carboxylic acids is 1. The number of benzene rings is 2. The molecule has 1 aromatic heterocycles. The summed E-state index contributed by atoms with van der Waals surface area (Å²) >= 11 is 0. The number of methoxy groups -OCH3 is 1. The molecule has 6 nitrogen and oxygen atoms in total. The zero-order valence-electron chi connectivity index (χ0n) is 20.9. The zero-order valence-corrected chi connectivity index (χ0v) is 20.9. The summed E-state index contributed by atoms with van der Waals surface area (Å²) in [6, 6.07) is 14.0. The minimum atomic E-state index is -0.234. The van der Waals surface area contributed by atoms with E-state index in [9.17, 15) is 4.79 Å². The van der Waals surface area contributed by atoms with Gasteiger partial charge >= 0.3 is 0 Å². The lowest BCUT2D eigenvalue weighted by Gasteiger charge is -2.27. The number of rotatable bonds is 10. The zero-order chi connectivity index (χ0) is 24.2. The maximum Gasteiger partial charge on any atom is 0.273 e. The van der Waals surface area contributed by atoms with Gasteiger partial charge in [0.25, 0.3) is 5.91 Å². The third kappa shape index (κ3) is 4.67. The average molecular weight is 462 g/mol. The van der Waals surface area contributed by atoms with E-state index in [0.29, 0.717) is 30.5 Å². The molecule has 6 heteroatoms. The molecular weight excluding hydrogens is 426 g/mol. The fraction of sp³-hybridized carbons (Fsp3) is 0.429. The number of ether oxygens (including phenoxy) is 2. The Hall–Kier alpha value is -3.28. The molecule has 1 aliphatic rings. The maximum atomic E-state index is 13.4. The SMILES string of the molecule is CCCCN1C(=O)c2[nH]nc(-c3ccc(C)cc3)c2C1c1ccc(OCCC(C)C)c(OC)c1. The number of aromatic amines is 1. The lowest BCUT2D eigenvalue weighted by Crippen LogP contribution is -2.30. The van der Waals surface area contributed by atoms with E-state index >= 15 is 0 Å². The molecule has 180 valence electrons. The Morgan fingerprint density at radius 1 is 1.12 bits per heavy atom. The van der Waals surface area contributed by atoms with Gasteiger partial charge in [-0.25, -0.2) is 0 Å². The van der Waals surface area contributed by atoms with Crippen LogP contribution in [0, 0.1) is 12.8 Å². The second-order valence-electron chi connectivity index (χ2n) is 9.42. The highest BCUT2D eigenvalue weighted by atomic mass is 16.5. The van der Waals surface area contributed by atoms with Gasteiger partial charge in [0.2, 0.25) is 0 Å². The fourth-order valence-electron chi connectivity index (χ4n) is 4.41. The van der Waals surface area contributed by atoms with Crippen molar-refractivity contribution in [1.82, 2.24) is 15.1 Å². The Morgan fingerprint density at radius 3 is 2.56 bits per heavy atom. The Morgan fingerprint density at radius 2 is 1.88 bits per heavy atom. The van der Waals surface area contributed by atoms with E-state index in [1.54, 1.807) is 7.11 Å². The van der Waals surface area contributed by atoms with Gasteiger partial charge in [0.15, 0.2) is 11.5 Å². The van der Waals surface area contributed by atoms with Gasteiger partial charge in [-0.1, -0.05) is 63.1 Å². The molecule has 3 aromatic rings. The first-order chi connectivity index (χ1) is 16.4. The minimum Gasteiger partial charge on any atom is -0.493 e. The van der Waals surface area contributed by atoms with Crippen molar-refractivity contribution in [2.45, 2.75) is 53.0 Å². The number of nitrogens with one attached hydrogen (secondary N) is 1. The number of aryl methyl sites for hydroxylation is 1. The molecule has 0 aliphatic carbocycles. The Labute approximate surface area is 202 Å². The Bertz CT molecular complexity index is 1130. The van der Waals surface area contributed by atoms with Gasteiger partial charge in [-0.3, -0.25) is 9.89 Å². The fourth-order valence-corrected chi connectivity index (χ4v) is 4.41. The molecule has 1 unspecified atom stereocenters. The smallest absolute Gasteiger partial charge is 0.273 e. The third-order valence-electron chi connectivity index (χ3n) is 6.40. The van der Waals surface area contributed by atoms with E-state index in [-0.39, 0.29) is 11.9 Å². The highest BCUT2D eigenvalue weighted by Crippen LogP contribution is 2.44. The van der Waals surface area contributed by atoms with Crippen LogP contribution < -0.4 is 9.47 Å². The Balaban J connectivity index is 1.75. The van der Waals surface area contributed by atoms with Crippen molar-refractivity contribution in [3.63, 3.8) is 0 Å². The first kappa shape index (κ1) is 23.9. The summed E-state index contributed by atoms with van der Waals surface area (Å²) in [5.41, 5.74) is 5.51. The van der Waals surface area contributed by atoms with Crippen LogP contribution in [-0.2, 0) is 0 Å². The minimum absolute atomic E-state index is 0.00413. The predicted octanol–water partition coefficient (Wildman–Crippen LogP) is 6.16. The number of aromatic nitrogens is 2. The number of H-pyrrole nitrogens is 1. The van der Waals surface area contributed by atoms with Crippen molar-refractivity contribution in [1.29, 1.82) is 0 Å². The lowest BCUT2D eigenvalue weighted by molar-refractivity contribution is 0.0741. The van der Waals surface area contributed by atoms with Crippen LogP contribution in [0.3, 0.4) is 0 Å². The molecule has 0 fully saturated rings. The molecule has 1 aliphatic heterocycles. The Kier molecular flexibility index (Phi) is 7.25. The van der Waals surface area contributed by atoms with E-state index < -0.39 is 0 Å². The van der Waals surface area contributed by atoms with Gasteiger partial charge in [0, 0.05) is 17.7 Å². The molecular formula is C28H35N3O3. The molecule has 0 bridgehead atoms. The molecule has 34 heavy (non-hydrogen) atoms. The summed E-state index contributed by atoms with van der Waals surface area (Å²) in [7, 11) is 1.66. The summed E-state index contributed by atoms with van der Waals surface area (Å²) in [5, 5.41) is 7.60. The quantitative estimate of drug-likeness (QED) is 0.392. The van der Waals surface area contributed by atoms with Crippen molar-refractivity contribution < 1.29 is 14.3 Å². The predicted molar refractivity (Wildman–Crippen MR) is 134 cm³/mol. The normalized spacial score (nSPS) is 15.2. The molecule has 0 saturated heterocycles. The molecule has 4 rings (SSSR count). The van der Waals surface area contributed by atoms with Gasteiger partial charge in [0.05, 0.1) is 25.5 Å². The van der Waals surface area contributed by atoms with Crippen LogP contribution in [-0.4, -0.2) is 41.3 Å². The lowest BCUT2D eigenvalue weighted by atomic mass is 9.95. The summed E-state index contributed by atoms with van der Waals surface area (Å²) in [6.07, 6.45) is 2.93. The topological polar surface area (TPSA) is 67.5 Å². The second kappa shape index (κ2) is 10.3. The van der Waals surface area contributed by atoms with Crippen molar-refractivity contribution in [3.05, 3.63) is 64.8 Å². The number of amides is 1. The van der Waals surface area contributed by atoms with Crippen LogP contribution in [0.15, 0.2) is 42.5 Å². The van der Waals surface area contributed by atoms with Crippen molar-refractivity contribution in [2.75, 3.05) is 20.3 Å². The monoisotopic (exact) mass is 461 g/mol. The largest absolute Gasteiger partial charge is 0.493 e. The van der Waals surface area contributed by atoms with E-state index in [1.807, 2.05) is 23.1 Å². The van der Waals surface area contributed by atoms with Crippen LogP contribution in [0.1, 0.15) is 73.3 Å². The van der Waals surface area contributed by atoms with Crippen LogP contribution in [0.4, 0.5) is 0 Å². The molecule has 1 atom stereocenters. The number of fused-ring (bicyclic) bond motifs is 1. The first-order valence-electron chi connectivity index (χ1n) is 12.2. The molecule has 0 saturated carbocycles. The molecule has 1 amide bonds. The van der Waals surface area contributed by atoms with Gasteiger partial charge in [-0.2, -0.15) is 5.10 Å². The third-order valence-corrected chi connectivity index (χ3v) is 6.40. The molecule has 2 aromatic carbocycles. The molecule has 0 radical (unpaired) electrons. The van der Waals surface area contributed by atoms with Crippen LogP contribution in [0.25, 0.3) is 11.3 Å². The summed E-state index contributed by atoms with van der Waals surface area (Å²) in [5.74, 6) is 1.97. The van der Waals surface area contributed by atoms with Gasteiger partial charge in [-0.05, 0) is 43.4 Å². The van der Waals surface area contributed by atoms with E-state index in [2.05, 4.69) is 62.2 Å². The maximum absolute atomic E-state index is 13.4. The van der Waals surface area contributed by atoms with E-state index in [1.165, 1.54) is 5.56 Å². The second-order valence-corrected chi connectivity index (χ2v) is 9.42. The van der Waals surface area contributed by atoms with Crippen LogP contribution in [0.2, 0.25) is 0 Å². The van der Waals surface area contributed by atoms with Gasteiger partial charge in [0.1, 0.15) is 5.69 Å².